The Labute approximate surface area is 95.8 Å². The van der Waals surface area contributed by atoms with E-state index in [9.17, 15) is 0 Å². The van der Waals surface area contributed by atoms with Crippen LogP contribution in [0.2, 0.25) is 0 Å². The SMILES string of the molecule is Cc1ccc2[nH]cc(CCC3(N)CC3)c2c1. The van der Waals surface area contributed by atoms with E-state index in [0.717, 1.165) is 12.8 Å². The van der Waals surface area contributed by atoms with Crippen LogP contribution in [0.3, 0.4) is 0 Å². The minimum Gasteiger partial charge on any atom is -0.361 e. The van der Waals surface area contributed by atoms with E-state index in [0.29, 0.717) is 0 Å². The second-order valence-corrected chi connectivity index (χ2v) is 5.23. The summed E-state index contributed by atoms with van der Waals surface area (Å²) in [4.78, 5) is 3.33. The predicted octanol–water partition coefficient (Wildman–Crippen LogP) is 2.90. The topological polar surface area (TPSA) is 41.8 Å². The average molecular weight is 214 g/mol. The fourth-order valence-electron chi connectivity index (χ4n) is 2.29. The average Bonchev–Trinajstić information content (AvgIpc) is 2.87. The molecule has 1 aromatic heterocycles. The Balaban J connectivity index is 1.88. The molecule has 84 valence electrons. The first-order valence-electron chi connectivity index (χ1n) is 6.02. The molecule has 1 aliphatic carbocycles. The third kappa shape index (κ3) is 1.74. The molecule has 0 saturated heterocycles. The van der Waals surface area contributed by atoms with Crippen LogP contribution < -0.4 is 5.73 Å². The molecule has 3 rings (SSSR count). The van der Waals surface area contributed by atoms with Crippen molar-refractivity contribution in [3.8, 4) is 0 Å². The number of nitrogens with one attached hydrogen (secondary N) is 1. The summed E-state index contributed by atoms with van der Waals surface area (Å²) in [7, 11) is 0. The van der Waals surface area contributed by atoms with Crippen LogP contribution in [-0.4, -0.2) is 10.5 Å². The number of fused-ring (bicyclic) bond motifs is 1. The molecule has 0 amide bonds. The van der Waals surface area contributed by atoms with E-state index >= 15 is 0 Å². The molecule has 1 aliphatic rings. The van der Waals surface area contributed by atoms with Gasteiger partial charge in [0.25, 0.3) is 0 Å². The van der Waals surface area contributed by atoms with E-state index in [1.54, 1.807) is 0 Å². The summed E-state index contributed by atoms with van der Waals surface area (Å²) in [6.45, 7) is 2.14. The first kappa shape index (κ1) is 9.91. The molecule has 2 aromatic rings. The number of aromatic amines is 1. The number of benzene rings is 1. The van der Waals surface area contributed by atoms with Gasteiger partial charge < -0.3 is 10.7 Å². The van der Waals surface area contributed by atoms with E-state index in [4.69, 9.17) is 5.73 Å². The van der Waals surface area contributed by atoms with Crippen molar-refractivity contribution < 1.29 is 0 Å². The smallest absolute Gasteiger partial charge is 0.0456 e. The molecule has 0 atom stereocenters. The second-order valence-electron chi connectivity index (χ2n) is 5.23. The molecule has 0 radical (unpaired) electrons. The molecule has 1 heterocycles. The van der Waals surface area contributed by atoms with Gasteiger partial charge in [-0.1, -0.05) is 11.6 Å². The summed E-state index contributed by atoms with van der Waals surface area (Å²) in [6, 6.07) is 6.56. The van der Waals surface area contributed by atoms with Crippen molar-refractivity contribution >= 4 is 10.9 Å². The van der Waals surface area contributed by atoms with Crippen LogP contribution in [0.4, 0.5) is 0 Å². The lowest BCUT2D eigenvalue weighted by Gasteiger charge is -2.07. The van der Waals surface area contributed by atoms with Crippen molar-refractivity contribution in [2.45, 2.75) is 38.1 Å². The number of nitrogens with two attached hydrogens (primary N) is 1. The molecular weight excluding hydrogens is 196 g/mol. The van der Waals surface area contributed by atoms with E-state index in [1.165, 1.54) is 34.9 Å². The lowest BCUT2D eigenvalue weighted by atomic mass is 10.0. The molecule has 2 heteroatoms. The van der Waals surface area contributed by atoms with Gasteiger partial charge in [-0.05, 0) is 50.3 Å². The third-order valence-electron chi connectivity index (χ3n) is 3.71. The molecule has 1 aromatic carbocycles. The highest BCUT2D eigenvalue weighted by atomic mass is 14.8. The van der Waals surface area contributed by atoms with E-state index in [1.807, 2.05) is 0 Å². The van der Waals surface area contributed by atoms with Crippen LogP contribution in [-0.2, 0) is 6.42 Å². The fourth-order valence-corrected chi connectivity index (χ4v) is 2.29. The minimum atomic E-state index is 0.160. The molecular formula is C14H18N2. The van der Waals surface area contributed by atoms with Gasteiger partial charge in [-0.3, -0.25) is 0 Å². The Morgan fingerprint density at radius 2 is 2.19 bits per heavy atom. The molecule has 1 saturated carbocycles. The van der Waals surface area contributed by atoms with E-state index in [2.05, 4.69) is 36.3 Å². The second kappa shape index (κ2) is 3.36. The summed E-state index contributed by atoms with van der Waals surface area (Å²) in [6.07, 6.45) is 6.76. The zero-order valence-corrected chi connectivity index (χ0v) is 9.72. The molecule has 0 aliphatic heterocycles. The van der Waals surface area contributed by atoms with Gasteiger partial charge in [0.15, 0.2) is 0 Å². The number of H-pyrrole nitrogens is 1. The van der Waals surface area contributed by atoms with Gasteiger partial charge in [0.05, 0.1) is 0 Å². The number of hydrogen-bond acceptors (Lipinski definition) is 1. The number of aryl methyl sites for hydroxylation is 2. The van der Waals surface area contributed by atoms with Gasteiger partial charge in [-0.2, -0.15) is 0 Å². The van der Waals surface area contributed by atoms with E-state index < -0.39 is 0 Å². The van der Waals surface area contributed by atoms with Crippen molar-refractivity contribution in [2.75, 3.05) is 0 Å². The zero-order chi connectivity index (χ0) is 11.2. The van der Waals surface area contributed by atoms with Gasteiger partial charge in [0.1, 0.15) is 0 Å². The van der Waals surface area contributed by atoms with Gasteiger partial charge >= 0.3 is 0 Å². The maximum Gasteiger partial charge on any atom is 0.0456 e. The fraction of sp³-hybridized carbons (Fsp3) is 0.429. The normalized spacial score (nSPS) is 17.9. The number of aromatic nitrogens is 1. The zero-order valence-electron chi connectivity index (χ0n) is 9.72. The highest BCUT2D eigenvalue weighted by Crippen LogP contribution is 2.37. The Kier molecular flexibility index (Phi) is 2.08. The first-order chi connectivity index (χ1) is 7.66. The highest BCUT2D eigenvalue weighted by Gasteiger charge is 2.37. The molecule has 2 nitrogen and oxygen atoms in total. The quantitative estimate of drug-likeness (QED) is 0.810. The molecule has 0 unspecified atom stereocenters. The van der Waals surface area contributed by atoms with Crippen LogP contribution in [0.15, 0.2) is 24.4 Å². The molecule has 0 spiro atoms. The minimum absolute atomic E-state index is 0.160. The predicted molar refractivity (Wildman–Crippen MR) is 67.5 cm³/mol. The van der Waals surface area contributed by atoms with Gasteiger partial charge in [-0.25, -0.2) is 0 Å². The summed E-state index contributed by atoms with van der Waals surface area (Å²) in [5, 5.41) is 1.37. The highest BCUT2D eigenvalue weighted by molar-refractivity contribution is 5.83. The van der Waals surface area contributed by atoms with Crippen LogP contribution >= 0.6 is 0 Å². The van der Waals surface area contributed by atoms with Crippen molar-refractivity contribution in [3.63, 3.8) is 0 Å². The first-order valence-corrected chi connectivity index (χ1v) is 6.02. The monoisotopic (exact) mass is 214 g/mol. The Hall–Kier alpha value is -1.28. The van der Waals surface area contributed by atoms with Crippen molar-refractivity contribution in [1.82, 2.24) is 4.98 Å². The lowest BCUT2D eigenvalue weighted by Crippen LogP contribution is -2.21. The van der Waals surface area contributed by atoms with Gasteiger partial charge in [0.2, 0.25) is 0 Å². The maximum atomic E-state index is 6.13. The molecule has 0 bridgehead atoms. The van der Waals surface area contributed by atoms with Crippen LogP contribution in [0.25, 0.3) is 10.9 Å². The van der Waals surface area contributed by atoms with Gasteiger partial charge in [0, 0.05) is 22.6 Å². The van der Waals surface area contributed by atoms with E-state index in [-0.39, 0.29) is 5.54 Å². The Morgan fingerprint density at radius 1 is 1.38 bits per heavy atom. The molecule has 3 N–H and O–H groups in total. The summed E-state index contributed by atoms with van der Waals surface area (Å²) in [5.74, 6) is 0. The van der Waals surface area contributed by atoms with Crippen molar-refractivity contribution in [3.05, 3.63) is 35.5 Å². The van der Waals surface area contributed by atoms with Crippen LogP contribution in [0.5, 0.6) is 0 Å². The van der Waals surface area contributed by atoms with Crippen LogP contribution in [0.1, 0.15) is 30.4 Å². The number of rotatable bonds is 3. The summed E-state index contributed by atoms with van der Waals surface area (Å²) >= 11 is 0. The Bertz CT molecular complexity index is 521. The lowest BCUT2D eigenvalue weighted by molar-refractivity contribution is 0.610. The Morgan fingerprint density at radius 3 is 2.94 bits per heavy atom. The molecule has 16 heavy (non-hydrogen) atoms. The van der Waals surface area contributed by atoms with Gasteiger partial charge in [-0.15, -0.1) is 0 Å². The van der Waals surface area contributed by atoms with Crippen molar-refractivity contribution in [1.29, 1.82) is 0 Å². The van der Waals surface area contributed by atoms with Crippen LogP contribution in [0, 0.1) is 6.92 Å². The summed E-state index contributed by atoms with van der Waals surface area (Å²) < 4.78 is 0. The largest absolute Gasteiger partial charge is 0.361 e. The van der Waals surface area contributed by atoms with Crippen molar-refractivity contribution in [2.24, 2.45) is 5.73 Å². The summed E-state index contributed by atoms with van der Waals surface area (Å²) in [5.41, 5.74) is 10.3. The third-order valence-corrected chi connectivity index (χ3v) is 3.71. The maximum absolute atomic E-state index is 6.13. The standard InChI is InChI=1S/C14H18N2/c1-10-2-3-13-12(8-10)11(9-16-13)4-5-14(15)6-7-14/h2-3,8-9,16H,4-7,15H2,1H3. The molecule has 1 fully saturated rings. The number of hydrogen-bond donors (Lipinski definition) is 2.